The predicted molar refractivity (Wildman–Crippen MR) is 107 cm³/mol. The van der Waals surface area contributed by atoms with Crippen LogP contribution in [0.25, 0.3) is 0 Å². The van der Waals surface area contributed by atoms with Gasteiger partial charge in [0.15, 0.2) is 17.5 Å². The summed E-state index contributed by atoms with van der Waals surface area (Å²) in [7, 11) is 0. The first kappa shape index (κ1) is 21.8. The molecule has 0 aliphatic carbocycles. The third kappa shape index (κ3) is 4.20. The van der Waals surface area contributed by atoms with Crippen LogP contribution in [-0.2, 0) is 9.59 Å². The van der Waals surface area contributed by atoms with E-state index in [4.69, 9.17) is 5.73 Å². The molecule has 2 aromatic rings. The van der Waals surface area contributed by atoms with Gasteiger partial charge in [-0.05, 0) is 36.8 Å². The van der Waals surface area contributed by atoms with E-state index in [1.54, 1.807) is 0 Å². The van der Waals surface area contributed by atoms with E-state index in [-0.39, 0.29) is 17.3 Å². The Morgan fingerprint density at radius 1 is 1.27 bits per heavy atom. The molecule has 170 valence electrons. The van der Waals surface area contributed by atoms with Gasteiger partial charge >= 0.3 is 18.3 Å². The van der Waals surface area contributed by atoms with E-state index in [0.717, 1.165) is 0 Å². The summed E-state index contributed by atoms with van der Waals surface area (Å²) in [4.78, 5) is 41.2. The Balaban J connectivity index is 1.46. The number of alkyl halides is 2. The largest absolute Gasteiger partial charge is 0.586 e. The van der Waals surface area contributed by atoms with Crippen molar-refractivity contribution in [3.63, 3.8) is 0 Å². The minimum atomic E-state index is -3.79. The number of imide groups is 1. The van der Waals surface area contributed by atoms with Gasteiger partial charge < -0.3 is 25.6 Å². The Bertz CT molecular complexity index is 1220. The van der Waals surface area contributed by atoms with E-state index < -0.39 is 42.2 Å². The lowest BCUT2D eigenvalue weighted by atomic mass is 9.88. The number of likely N-dealkylation sites (tertiary alicyclic amines) is 1. The Morgan fingerprint density at radius 2 is 2.00 bits per heavy atom. The van der Waals surface area contributed by atoms with Gasteiger partial charge in [0.1, 0.15) is 11.7 Å². The number of anilines is 1. The van der Waals surface area contributed by atoms with Crippen LogP contribution in [-0.4, -0.2) is 45.2 Å². The number of nitrogens with two attached hydrogens (primary N) is 1. The third-order valence-electron chi connectivity index (χ3n) is 4.99. The topological polar surface area (TPSA) is 144 Å². The zero-order valence-corrected chi connectivity index (χ0v) is 16.9. The highest BCUT2D eigenvalue weighted by Gasteiger charge is 2.54. The SMILES string of the molecule is CC(NC(=O)N1C(=O)C(C#Cc2ccnc(N)c2)C1C(=O)O)c1ccc2c(c1)OC(F)(F)O2. The lowest BCUT2D eigenvalue weighted by molar-refractivity contribution is -0.286. The van der Waals surface area contributed by atoms with Crippen molar-refractivity contribution in [3.8, 4) is 23.3 Å². The maximum absolute atomic E-state index is 13.2. The number of carboxylic acids is 1. The molecule has 2 aliphatic heterocycles. The molecule has 33 heavy (non-hydrogen) atoms. The van der Waals surface area contributed by atoms with Crippen LogP contribution in [0, 0.1) is 17.8 Å². The number of nitrogen functional groups attached to an aromatic ring is 1. The second kappa shape index (κ2) is 7.94. The first-order valence-corrected chi connectivity index (χ1v) is 9.55. The number of hydrogen-bond acceptors (Lipinski definition) is 7. The summed E-state index contributed by atoms with van der Waals surface area (Å²) >= 11 is 0. The van der Waals surface area contributed by atoms with Gasteiger partial charge in [-0.25, -0.2) is 19.5 Å². The Hall–Kier alpha value is -4.40. The number of aromatic nitrogens is 1. The monoisotopic (exact) mass is 458 g/mol. The third-order valence-corrected chi connectivity index (χ3v) is 4.99. The summed E-state index contributed by atoms with van der Waals surface area (Å²) < 4.78 is 35.1. The van der Waals surface area contributed by atoms with Crippen molar-refractivity contribution < 1.29 is 37.7 Å². The normalized spacial score (nSPS) is 20.8. The standard InChI is InChI=1S/C21H16F2N4O6/c1-10(12-3-5-14-15(9-12)33-21(22,23)32-14)26-20(31)27-17(19(29)30)13(18(27)28)4-2-11-6-7-25-16(24)8-11/h3,5-10,13,17H,1H3,(H2,24,25)(H,26,31)(H,29,30). The molecule has 10 nitrogen and oxygen atoms in total. The fourth-order valence-corrected chi connectivity index (χ4v) is 3.37. The van der Waals surface area contributed by atoms with Crippen LogP contribution in [0.3, 0.4) is 0 Å². The summed E-state index contributed by atoms with van der Waals surface area (Å²) in [5.74, 6) is 1.63. The van der Waals surface area contributed by atoms with Gasteiger partial charge in [0, 0.05) is 11.8 Å². The Labute approximate surface area is 185 Å². The summed E-state index contributed by atoms with van der Waals surface area (Å²) in [6, 6.07) is 3.70. The number of aliphatic carboxylic acids is 1. The lowest BCUT2D eigenvalue weighted by Crippen LogP contribution is -2.67. The molecule has 4 rings (SSSR count). The highest BCUT2D eigenvalue weighted by Crippen LogP contribution is 2.42. The van der Waals surface area contributed by atoms with Crippen molar-refractivity contribution >= 4 is 23.7 Å². The van der Waals surface area contributed by atoms with Crippen molar-refractivity contribution in [2.75, 3.05) is 5.73 Å². The van der Waals surface area contributed by atoms with Crippen molar-refractivity contribution in [2.45, 2.75) is 25.3 Å². The van der Waals surface area contributed by atoms with Crippen LogP contribution in [0.1, 0.15) is 24.1 Å². The number of carboxylic acid groups (broad SMARTS) is 1. The highest BCUT2D eigenvalue weighted by molar-refractivity contribution is 6.09. The van der Waals surface area contributed by atoms with Gasteiger partial charge in [-0.15, -0.1) is 8.78 Å². The maximum Gasteiger partial charge on any atom is 0.586 e. The van der Waals surface area contributed by atoms with E-state index in [2.05, 4.69) is 31.6 Å². The number of carbonyl (C=O) groups is 3. The smallest absolute Gasteiger partial charge is 0.480 e. The molecule has 0 bridgehead atoms. The molecule has 0 spiro atoms. The van der Waals surface area contributed by atoms with E-state index in [1.165, 1.54) is 43.5 Å². The Kier molecular flexibility index (Phi) is 5.25. The number of nitrogens with one attached hydrogen (secondary N) is 1. The van der Waals surface area contributed by atoms with E-state index >= 15 is 0 Å². The van der Waals surface area contributed by atoms with Crippen molar-refractivity contribution in [3.05, 3.63) is 47.7 Å². The molecule has 0 saturated carbocycles. The van der Waals surface area contributed by atoms with Gasteiger partial charge in [-0.1, -0.05) is 17.9 Å². The summed E-state index contributed by atoms with van der Waals surface area (Å²) in [6.45, 7) is 1.53. The number of benzene rings is 1. The Morgan fingerprint density at radius 3 is 2.70 bits per heavy atom. The van der Waals surface area contributed by atoms with Crippen molar-refractivity contribution in [1.82, 2.24) is 15.2 Å². The number of β-lactam (4-membered cyclic amide) rings is 1. The molecule has 2 aliphatic rings. The number of fused-ring (bicyclic) bond motifs is 1. The van der Waals surface area contributed by atoms with Crippen molar-refractivity contribution in [2.24, 2.45) is 5.92 Å². The number of amides is 3. The number of carbonyl (C=O) groups excluding carboxylic acids is 2. The number of ether oxygens (including phenoxy) is 2. The van der Waals surface area contributed by atoms with Crippen LogP contribution in [0.5, 0.6) is 11.5 Å². The molecule has 4 N–H and O–H groups in total. The fraction of sp³-hybridized carbons (Fsp3) is 0.238. The average molecular weight is 458 g/mol. The molecule has 1 aromatic heterocycles. The molecule has 1 saturated heterocycles. The van der Waals surface area contributed by atoms with Crippen LogP contribution in [0.2, 0.25) is 0 Å². The molecular formula is C21H16F2N4O6. The summed E-state index contributed by atoms with van der Waals surface area (Å²) in [5.41, 5.74) is 6.37. The van der Waals surface area contributed by atoms with E-state index in [9.17, 15) is 28.3 Å². The minimum absolute atomic E-state index is 0.163. The second-order valence-corrected chi connectivity index (χ2v) is 7.25. The molecule has 3 unspecified atom stereocenters. The summed E-state index contributed by atoms with van der Waals surface area (Å²) in [6.07, 6.45) is -2.38. The van der Waals surface area contributed by atoms with Crippen molar-refractivity contribution in [1.29, 1.82) is 0 Å². The number of hydrogen-bond donors (Lipinski definition) is 3. The van der Waals surface area contributed by atoms with Crippen LogP contribution in [0.15, 0.2) is 36.5 Å². The molecular weight excluding hydrogens is 442 g/mol. The second-order valence-electron chi connectivity index (χ2n) is 7.25. The predicted octanol–water partition coefficient (Wildman–Crippen LogP) is 1.72. The van der Waals surface area contributed by atoms with E-state index in [1.807, 2.05) is 0 Å². The fourth-order valence-electron chi connectivity index (χ4n) is 3.37. The van der Waals surface area contributed by atoms with E-state index in [0.29, 0.717) is 16.0 Å². The summed E-state index contributed by atoms with van der Waals surface area (Å²) in [5, 5.41) is 12.0. The zero-order chi connectivity index (χ0) is 23.9. The average Bonchev–Trinajstić information content (AvgIpc) is 3.04. The van der Waals surface area contributed by atoms with Crippen LogP contribution >= 0.6 is 0 Å². The molecule has 3 heterocycles. The van der Waals surface area contributed by atoms with Gasteiger partial charge in [0.2, 0.25) is 5.91 Å². The van der Waals surface area contributed by atoms with Gasteiger partial charge in [0.05, 0.1) is 6.04 Å². The molecule has 1 fully saturated rings. The van der Waals surface area contributed by atoms with Crippen LogP contribution in [0.4, 0.5) is 19.4 Å². The lowest BCUT2D eigenvalue weighted by Gasteiger charge is -2.40. The molecule has 12 heteroatoms. The number of pyridine rings is 1. The first-order valence-electron chi connectivity index (χ1n) is 9.55. The molecule has 3 amide bonds. The highest BCUT2D eigenvalue weighted by atomic mass is 19.3. The number of nitrogens with zero attached hydrogens (tertiary/aromatic N) is 2. The van der Waals surface area contributed by atoms with Gasteiger partial charge in [-0.3, -0.25) is 4.79 Å². The number of halogens is 2. The minimum Gasteiger partial charge on any atom is -0.480 e. The molecule has 0 radical (unpaired) electrons. The van der Waals surface area contributed by atoms with Crippen LogP contribution < -0.4 is 20.5 Å². The zero-order valence-electron chi connectivity index (χ0n) is 16.9. The van der Waals surface area contributed by atoms with Gasteiger partial charge in [-0.2, -0.15) is 0 Å². The quantitative estimate of drug-likeness (QED) is 0.466. The number of rotatable bonds is 3. The molecule has 1 aromatic carbocycles. The first-order chi connectivity index (χ1) is 15.6. The van der Waals surface area contributed by atoms with Gasteiger partial charge in [0.25, 0.3) is 0 Å². The number of urea groups is 1. The maximum atomic E-state index is 13.2. The molecule has 3 atom stereocenters.